The van der Waals surface area contributed by atoms with Gasteiger partial charge in [0, 0.05) is 33.3 Å². The lowest BCUT2D eigenvalue weighted by Crippen LogP contribution is -2.15. The molecule has 1 amide bonds. The molecule has 2 aromatic carbocycles. The minimum atomic E-state index is -0.802. The van der Waals surface area contributed by atoms with E-state index in [1.807, 2.05) is 0 Å². The van der Waals surface area contributed by atoms with Crippen molar-refractivity contribution in [3.63, 3.8) is 0 Å². The summed E-state index contributed by atoms with van der Waals surface area (Å²) in [5.74, 6) is -1.36. The molecule has 34 heavy (non-hydrogen) atoms. The van der Waals surface area contributed by atoms with Crippen LogP contribution in [0.2, 0.25) is 5.02 Å². The fourth-order valence-electron chi connectivity index (χ4n) is 3.53. The Balaban J connectivity index is 1.88. The Morgan fingerprint density at radius 3 is 2.44 bits per heavy atom. The van der Waals surface area contributed by atoms with Crippen LogP contribution >= 0.6 is 22.9 Å². The van der Waals surface area contributed by atoms with Crippen LogP contribution in [0.3, 0.4) is 0 Å². The number of nitro groups is 1. The van der Waals surface area contributed by atoms with Crippen LogP contribution in [-0.4, -0.2) is 43.5 Å². The number of pyridine rings is 1. The summed E-state index contributed by atoms with van der Waals surface area (Å²) in [7, 11) is 0. The van der Waals surface area contributed by atoms with Crippen molar-refractivity contribution in [2.45, 2.75) is 13.2 Å². The maximum atomic E-state index is 12.9. The summed E-state index contributed by atoms with van der Waals surface area (Å²) in [5.41, 5.74) is 1.09. The largest absolute Gasteiger partial charge is 0.392 e. The lowest BCUT2D eigenvalue weighted by Gasteiger charge is -2.09. The number of rotatable bonds is 7. The van der Waals surface area contributed by atoms with E-state index in [-0.39, 0.29) is 34.4 Å². The number of Topliss-reactive ketones (excluding diaryl/α,β-unsaturated/α-hetero) is 1. The van der Waals surface area contributed by atoms with E-state index in [0.29, 0.717) is 32.1 Å². The zero-order chi connectivity index (χ0) is 24.6. The predicted octanol–water partition coefficient (Wildman–Crippen LogP) is 3.42. The third kappa shape index (κ3) is 4.11. The van der Waals surface area contributed by atoms with Crippen molar-refractivity contribution in [3.8, 4) is 0 Å². The van der Waals surface area contributed by atoms with Crippen LogP contribution in [0.15, 0.2) is 36.5 Å². The molecule has 0 aliphatic carbocycles. The van der Waals surface area contributed by atoms with Gasteiger partial charge in [-0.2, -0.15) is 0 Å². The molecule has 2 heterocycles. The molecule has 0 aliphatic rings. The third-order valence-corrected chi connectivity index (χ3v) is 6.82. The van der Waals surface area contributed by atoms with Crippen LogP contribution in [0.5, 0.6) is 0 Å². The van der Waals surface area contributed by atoms with Gasteiger partial charge >= 0.3 is 0 Å². The fraction of sp³-hybridized carbons (Fsp3) is 0.136. The molecular weight excluding hydrogens is 486 g/mol. The van der Waals surface area contributed by atoms with Gasteiger partial charge < -0.3 is 20.6 Å². The van der Waals surface area contributed by atoms with E-state index < -0.39 is 28.9 Å². The molecule has 0 radical (unpaired) electrons. The number of carbonyl (C=O) groups excluding carboxylic acids is 2. The smallest absolute Gasteiger partial charge is 0.288 e. The van der Waals surface area contributed by atoms with Crippen LogP contribution in [0.4, 0.5) is 11.4 Å². The van der Waals surface area contributed by atoms with Crippen molar-refractivity contribution in [1.29, 1.82) is 0 Å². The van der Waals surface area contributed by atoms with E-state index in [4.69, 9.17) is 11.6 Å². The van der Waals surface area contributed by atoms with Crippen molar-refractivity contribution in [2.24, 2.45) is 0 Å². The number of nitrogens with one attached hydrogen (secondary N) is 1. The summed E-state index contributed by atoms with van der Waals surface area (Å²) in [6.45, 7) is -1.42. The van der Waals surface area contributed by atoms with Gasteiger partial charge in [-0.1, -0.05) is 11.6 Å². The van der Waals surface area contributed by atoms with Gasteiger partial charge in [0.15, 0.2) is 5.78 Å². The van der Waals surface area contributed by atoms with Gasteiger partial charge in [-0.05, 0) is 35.4 Å². The lowest BCUT2D eigenvalue weighted by molar-refractivity contribution is -0.384. The maximum absolute atomic E-state index is 12.9. The van der Waals surface area contributed by atoms with E-state index in [1.54, 1.807) is 12.1 Å². The highest BCUT2D eigenvalue weighted by Crippen LogP contribution is 2.40. The van der Waals surface area contributed by atoms with Crippen molar-refractivity contribution < 1.29 is 29.8 Å². The number of halogens is 1. The van der Waals surface area contributed by atoms with Crippen molar-refractivity contribution in [2.75, 3.05) is 11.9 Å². The number of aliphatic hydroxyl groups excluding tert-OH is 3. The number of hydrogen-bond acceptors (Lipinski definition) is 9. The number of anilines is 1. The van der Waals surface area contributed by atoms with Crippen LogP contribution in [0.1, 0.15) is 31.2 Å². The minimum absolute atomic E-state index is 0.0539. The monoisotopic (exact) mass is 501 g/mol. The second-order valence-electron chi connectivity index (χ2n) is 7.22. The highest BCUT2D eigenvalue weighted by atomic mass is 35.5. The van der Waals surface area contributed by atoms with Gasteiger partial charge in [0.05, 0.1) is 34.2 Å². The number of aromatic nitrogens is 1. The number of nitrogens with zero attached hydrogens (tertiary/aromatic N) is 2. The first kappa shape index (κ1) is 23.7. The van der Waals surface area contributed by atoms with E-state index in [9.17, 15) is 35.0 Å². The number of benzene rings is 2. The van der Waals surface area contributed by atoms with Gasteiger partial charge in [0.2, 0.25) is 0 Å². The Kier molecular flexibility index (Phi) is 6.55. The van der Waals surface area contributed by atoms with Crippen molar-refractivity contribution >= 4 is 67.0 Å². The Bertz CT molecular complexity index is 1480. The second-order valence-corrected chi connectivity index (χ2v) is 8.65. The first-order valence-corrected chi connectivity index (χ1v) is 11.0. The molecule has 0 saturated carbocycles. The Hall–Kier alpha value is -3.48. The lowest BCUT2D eigenvalue weighted by atomic mass is 10.0. The van der Waals surface area contributed by atoms with Gasteiger partial charge in [0.25, 0.3) is 11.6 Å². The summed E-state index contributed by atoms with van der Waals surface area (Å²) in [5, 5.41) is 43.3. The summed E-state index contributed by atoms with van der Waals surface area (Å²) in [6.07, 6.45) is 1.45. The highest BCUT2D eigenvalue weighted by Gasteiger charge is 2.24. The average Bonchev–Trinajstić information content (AvgIpc) is 3.21. The summed E-state index contributed by atoms with van der Waals surface area (Å²) in [4.78, 5) is 40.3. The summed E-state index contributed by atoms with van der Waals surface area (Å²) < 4.78 is 0.568. The van der Waals surface area contributed by atoms with Gasteiger partial charge in [0.1, 0.15) is 11.6 Å². The normalized spacial score (nSPS) is 11.2. The first-order chi connectivity index (χ1) is 16.3. The second kappa shape index (κ2) is 9.41. The quantitative estimate of drug-likeness (QED) is 0.170. The molecule has 0 unspecified atom stereocenters. The number of ketones is 1. The van der Waals surface area contributed by atoms with Crippen molar-refractivity contribution in [3.05, 3.63) is 73.2 Å². The first-order valence-electron chi connectivity index (χ1n) is 9.77. The molecule has 12 heteroatoms. The van der Waals surface area contributed by atoms with Crippen LogP contribution < -0.4 is 5.32 Å². The molecule has 0 fully saturated rings. The molecule has 0 aliphatic heterocycles. The third-order valence-electron chi connectivity index (χ3n) is 5.22. The molecule has 10 nitrogen and oxygen atoms in total. The van der Waals surface area contributed by atoms with E-state index in [2.05, 4.69) is 10.3 Å². The molecule has 0 spiro atoms. The number of thiophene rings is 1. The maximum Gasteiger partial charge on any atom is 0.288 e. The summed E-state index contributed by atoms with van der Waals surface area (Å²) in [6, 6.07) is 6.83. The number of hydrogen-bond donors (Lipinski definition) is 4. The molecule has 4 N–H and O–H groups in total. The molecule has 0 saturated heterocycles. The zero-order valence-electron chi connectivity index (χ0n) is 17.2. The Morgan fingerprint density at radius 2 is 1.79 bits per heavy atom. The summed E-state index contributed by atoms with van der Waals surface area (Å²) >= 11 is 6.85. The molecule has 0 bridgehead atoms. The van der Waals surface area contributed by atoms with E-state index in [1.165, 1.54) is 18.3 Å². The molecule has 174 valence electrons. The standard InChI is InChI=1S/C22H16ClN3O7S/c23-15-2-1-10(5-17(15)26(32)33)22(31)25-19-14-6-24-16-4-12(8-28)11(7-27)3-13(16)20(14)34-21(19)18(30)9-29/h1-6,27-29H,7-9H2,(H,25,31). The minimum Gasteiger partial charge on any atom is -0.392 e. The topological polar surface area (TPSA) is 163 Å². The highest BCUT2D eigenvalue weighted by molar-refractivity contribution is 7.22. The SMILES string of the molecule is O=C(Nc1c(C(=O)CO)sc2c1cnc1cc(CO)c(CO)cc12)c1ccc(Cl)c([N+](=O)[O-])c1. The Morgan fingerprint density at radius 1 is 1.09 bits per heavy atom. The predicted molar refractivity (Wildman–Crippen MR) is 126 cm³/mol. The Labute approximate surface area is 200 Å². The van der Waals surface area contributed by atoms with Crippen LogP contribution in [0.25, 0.3) is 21.0 Å². The van der Waals surface area contributed by atoms with Gasteiger partial charge in [-0.15, -0.1) is 11.3 Å². The molecule has 2 aromatic heterocycles. The zero-order valence-corrected chi connectivity index (χ0v) is 18.8. The molecular formula is C22H16ClN3O7S. The molecule has 0 atom stereocenters. The van der Waals surface area contributed by atoms with Gasteiger partial charge in [-0.3, -0.25) is 24.7 Å². The molecule has 4 aromatic rings. The number of fused-ring (bicyclic) bond motifs is 3. The number of amides is 1. The van der Waals surface area contributed by atoms with E-state index in [0.717, 1.165) is 17.4 Å². The number of nitro benzene ring substituents is 1. The van der Waals surface area contributed by atoms with Crippen molar-refractivity contribution in [1.82, 2.24) is 4.98 Å². The number of aliphatic hydroxyl groups is 3. The van der Waals surface area contributed by atoms with Gasteiger partial charge in [-0.25, -0.2) is 0 Å². The number of carbonyl (C=O) groups is 2. The fourth-order valence-corrected chi connectivity index (χ4v) is 4.90. The average molecular weight is 502 g/mol. The van der Waals surface area contributed by atoms with E-state index >= 15 is 0 Å². The van der Waals surface area contributed by atoms with Crippen LogP contribution in [-0.2, 0) is 13.2 Å². The van der Waals surface area contributed by atoms with Crippen LogP contribution in [0, 0.1) is 10.1 Å². The molecule has 4 rings (SSSR count).